The van der Waals surface area contributed by atoms with Crippen LogP contribution in [0.25, 0.3) is 0 Å². The van der Waals surface area contributed by atoms with Crippen LogP contribution in [0.15, 0.2) is 0 Å². The molecule has 6 heteroatoms. The highest BCUT2D eigenvalue weighted by Crippen LogP contribution is 2.20. The van der Waals surface area contributed by atoms with Crippen LogP contribution in [0.5, 0.6) is 0 Å². The Hall–Kier alpha value is 0.0169. The second kappa shape index (κ2) is 12.4. The topological polar surface area (TPSA) is 40.2 Å². The van der Waals surface area contributed by atoms with Crippen LogP contribution >= 0.6 is 0 Å². The Morgan fingerprint density at radius 2 is 1.43 bits per heavy atom. The lowest BCUT2D eigenvalue weighted by Gasteiger charge is -2.34. The van der Waals surface area contributed by atoms with Crippen LogP contribution in [0, 0.1) is 0 Å². The van der Waals surface area contributed by atoms with Crippen LogP contribution < -0.4 is 0 Å². The van der Waals surface area contributed by atoms with E-state index in [2.05, 4.69) is 11.8 Å². The van der Waals surface area contributed by atoms with Gasteiger partial charge in [-0.25, -0.2) is 0 Å². The van der Waals surface area contributed by atoms with Crippen LogP contribution in [0.1, 0.15) is 59.8 Å². The third kappa shape index (κ3) is 7.62. The average Bonchev–Trinajstić information content (AvgIpc) is 2.56. The minimum absolute atomic E-state index is 0.262. The van der Waals surface area contributed by atoms with Crippen LogP contribution in [0.2, 0.25) is 6.04 Å². The van der Waals surface area contributed by atoms with Crippen molar-refractivity contribution in [1.82, 2.24) is 4.90 Å². The molecule has 0 spiro atoms. The summed E-state index contributed by atoms with van der Waals surface area (Å²) in [6.07, 6.45) is 6.20. The van der Waals surface area contributed by atoms with E-state index in [-0.39, 0.29) is 6.23 Å². The molecule has 0 aromatic heterocycles. The first kappa shape index (κ1) is 21.1. The molecule has 0 saturated carbocycles. The summed E-state index contributed by atoms with van der Waals surface area (Å²) in [7, 11) is -2.51. The van der Waals surface area contributed by atoms with Gasteiger partial charge in [0.15, 0.2) is 0 Å². The monoisotopic (exact) mass is 347 g/mol. The van der Waals surface area contributed by atoms with Gasteiger partial charge in [0.25, 0.3) is 0 Å². The Labute approximate surface area is 144 Å². The fourth-order valence-electron chi connectivity index (χ4n) is 3.20. The first-order valence-electron chi connectivity index (χ1n) is 9.48. The number of nitrogens with zero attached hydrogens (tertiary/aromatic N) is 1. The summed E-state index contributed by atoms with van der Waals surface area (Å²) in [5.74, 6) is 0. The maximum absolute atomic E-state index is 6.14. The quantitative estimate of drug-likeness (QED) is 0.375. The van der Waals surface area contributed by atoms with E-state index in [9.17, 15) is 0 Å². The molecule has 1 unspecified atom stereocenters. The van der Waals surface area contributed by atoms with Crippen molar-refractivity contribution in [3.63, 3.8) is 0 Å². The van der Waals surface area contributed by atoms with Gasteiger partial charge in [-0.2, -0.15) is 0 Å². The van der Waals surface area contributed by atoms with Crippen LogP contribution in [0.4, 0.5) is 0 Å². The summed E-state index contributed by atoms with van der Waals surface area (Å²) in [5, 5.41) is 0. The first-order valence-corrected chi connectivity index (χ1v) is 11.4. The maximum Gasteiger partial charge on any atom is 0.501 e. The van der Waals surface area contributed by atoms with E-state index in [1.807, 2.05) is 20.8 Å². The molecule has 0 amide bonds. The van der Waals surface area contributed by atoms with Gasteiger partial charge < -0.3 is 18.0 Å². The van der Waals surface area contributed by atoms with Gasteiger partial charge in [-0.1, -0.05) is 13.3 Å². The van der Waals surface area contributed by atoms with E-state index in [1.54, 1.807) is 0 Å². The number of ether oxygens (including phenoxy) is 1. The molecule has 1 atom stereocenters. The van der Waals surface area contributed by atoms with Crippen molar-refractivity contribution in [2.45, 2.75) is 72.1 Å². The molecule has 5 nitrogen and oxygen atoms in total. The second-order valence-corrected chi connectivity index (χ2v) is 8.65. The molecule has 138 valence electrons. The summed E-state index contributed by atoms with van der Waals surface area (Å²) < 4.78 is 23.8. The summed E-state index contributed by atoms with van der Waals surface area (Å²) in [5.41, 5.74) is 0. The van der Waals surface area contributed by atoms with Crippen molar-refractivity contribution >= 4 is 8.80 Å². The fraction of sp³-hybridized carbons (Fsp3) is 1.00. The highest BCUT2D eigenvalue weighted by atomic mass is 28.4. The molecule has 0 N–H and O–H groups in total. The number of rotatable bonds is 13. The van der Waals surface area contributed by atoms with Gasteiger partial charge in [-0.15, -0.1) is 0 Å². The van der Waals surface area contributed by atoms with Gasteiger partial charge in [0, 0.05) is 45.6 Å². The zero-order chi connectivity index (χ0) is 17.0. The molecule has 0 bridgehead atoms. The van der Waals surface area contributed by atoms with Crippen molar-refractivity contribution in [2.24, 2.45) is 0 Å². The van der Waals surface area contributed by atoms with Crippen LogP contribution in [-0.4, -0.2) is 59.4 Å². The third-order valence-corrected chi connectivity index (χ3v) is 7.33. The van der Waals surface area contributed by atoms with Gasteiger partial charge in [0.1, 0.15) is 6.23 Å². The predicted octanol–water partition coefficient (Wildman–Crippen LogP) is 3.66. The third-order valence-electron chi connectivity index (χ3n) is 4.18. The van der Waals surface area contributed by atoms with Gasteiger partial charge in [-0.3, -0.25) is 4.90 Å². The van der Waals surface area contributed by atoms with Crippen LogP contribution in [-0.2, 0) is 18.0 Å². The summed E-state index contributed by atoms with van der Waals surface area (Å²) >= 11 is 0. The van der Waals surface area contributed by atoms with E-state index >= 15 is 0 Å². The van der Waals surface area contributed by atoms with Gasteiger partial charge >= 0.3 is 8.80 Å². The molecule has 1 aliphatic heterocycles. The lowest BCUT2D eigenvalue weighted by atomic mass is 10.1. The summed E-state index contributed by atoms with van der Waals surface area (Å²) in [6.45, 7) is 13.2. The van der Waals surface area contributed by atoms with Crippen molar-refractivity contribution in [3.8, 4) is 0 Å². The van der Waals surface area contributed by atoms with E-state index in [4.69, 9.17) is 18.0 Å². The first-order chi connectivity index (χ1) is 11.2. The van der Waals surface area contributed by atoms with E-state index in [1.165, 1.54) is 32.4 Å². The highest BCUT2D eigenvalue weighted by Gasteiger charge is 2.39. The Balaban J connectivity index is 2.38. The van der Waals surface area contributed by atoms with E-state index < -0.39 is 8.80 Å². The van der Waals surface area contributed by atoms with Gasteiger partial charge in [-0.05, 0) is 46.5 Å². The van der Waals surface area contributed by atoms with Crippen molar-refractivity contribution in [3.05, 3.63) is 0 Å². The molecule has 1 fully saturated rings. The number of likely N-dealkylation sites (tertiary alicyclic amines) is 1. The van der Waals surface area contributed by atoms with Crippen LogP contribution in [0.3, 0.4) is 0 Å². The van der Waals surface area contributed by atoms with Crippen molar-refractivity contribution in [2.75, 3.05) is 39.5 Å². The SMILES string of the molecule is CCO[Si](CCCOC(CC)N1CCCCC1)(OCC)OCC. The minimum atomic E-state index is -2.51. The molecule has 23 heavy (non-hydrogen) atoms. The molecular weight excluding hydrogens is 310 g/mol. The normalized spacial score (nSPS) is 18.3. The minimum Gasteiger partial charge on any atom is -0.374 e. The molecule has 1 heterocycles. The largest absolute Gasteiger partial charge is 0.501 e. The molecule has 0 aromatic carbocycles. The van der Waals surface area contributed by atoms with Crippen molar-refractivity contribution < 1.29 is 18.0 Å². The van der Waals surface area contributed by atoms with Crippen molar-refractivity contribution in [1.29, 1.82) is 0 Å². The maximum atomic E-state index is 6.14. The van der Waals surface area contributed by atoms with Gasteiger partial charge in [0.05, 0.1) is 0 Å². The fourth-order valence-corrected chi connectivity index (χ4v) is 5.78. The Bertz CT molecular complexity index is 271. The van der Waals surface area contributed by atoms with E-state index in [0.717, 1.165) is 25.5 Å². The molecule has 1 rings (SSSR count). The second-order valence-electron chi connectivity index (χ2n) is 5.92. The Morgan fingerprint density at radius 1 is 0.870 bits per heavy atom. The smallest absolute Gasteiger partial charge is 0.374 e. The summed E-state index contributed by atoms with van der Waals surface area (Å²) in [4.78, 5) is 2.49. The summed E-state index contributed by atoms with van der Waals surface area (Å²) in [6, 6.07) is 0.832. The standard InChI is InChI=1S/C17H37NO4Si/c1-5-17(18-13-10-9-11-14-18)19-15-12-16-23(20-6-2,21-7-3)22-8-4/h17H,5-16H2,1-4H3. The number of hydrogen-bond acceptors (Lipinski definition) is 5. The lowest BCUT2D eigenvalue weighted by molar-refractivity contribution is -0.0693. The zero-order valence-electron chi connectivity index (χ0n) is 15.6. The van der Waals surface area contributed by atoms with E-state index in [0.29, 0.717) is 19.8 Å². The number of piperidine rings is 1. The van der Waals surface area contributed by atoms with Gasteiger partial charge in [0.2, 0.25) is 0 Å². The highest BCUT2D eigenvalue weighted by molar-refractivity contribution is 6.60. The zero-order valence-corrected chi connectivity index (χ0v) is 16.6. The Morgan fingerprint density at radius 3 is 1.91 bits per heavy atom. The lowest BCUT2D eigenvalue weighted by Crippen LogP contribution is -2.46. The number of hydrogen-bond donors (Lipinski definition) is 0. The molecule has 0 aliphatic carbocycles. The molecule has 0 radical (unpaired) electrons. The molecule has 1 aliphatic rings. The molecule has 1 saturated heterocycles. The average molecular weight is 348 g/mol. The Kier molecular flexibility index (Phi) is 11.3. The molecular formula is C17H37NO4Si. The predicted molar refractivity (Wildman–Crippen MR) is 95.5 cm³/mol. The molecule has 0 aromatic rings.